The molecule has 2 aromatic heterocycles. The van der Waals surface area contributed by atoms with Crippen molar-refractivity contribution in [2.24, 2.45) is 0 Å². The Bertz CT molecular complexity index is 449. The quantitative estimate of drug-likeness (QED) is 0.879. The monoisotopic (exact) mass is 234 g/mol. The Morgan fingerprint density at radius 3 is 2.75 bits per heavy atom. The summed E-state index contributed by atoms with van der Waals surface area (Å²) in [6, 6.07) is 0. The van der Waals surface area contributed by atoms with E-state index in [4.69, 9.17) is 0 Å². The maximum Gasteiger partial charge on any atom is 0.188 e. The lowest BCUT2D eigenvalue weighted by Gasteiger charge is -1.96. The average Bonchev–Trinajstić information content (AvgIpc) is 2.76. The van der Waals surface area contributed by atoms with Crippen LogP contribution in [0, 0.1) is 6.92 Å². The SMILES string of the molecule is CCNCc1csc(-c2ncc(C)cn2)n1. The highest BCUT2D eigenvalue weighted by atomic mass is 32.1. The number of nitrogens with zero attached hydrogens (tertiary/aromatic N) is 3. The van der Waals surface area contributed by atoms with Crippen LogP contribution in [0.5, 0.6) is 0 Å². The fourth-order valence-electron chi connectivity index (χ4n) is 1.25. The lowest BCUT2D eigenvalue weighted by molar-refractivity contribution is 0.714. The molecule has 0 atom stereocenters. The fraction of sp³-hybridized carbons (Fsp3) is 0.364. The summed E-state index contributed by atoms with van der Waals surface area (Å²) in [5, 5.41) is 6.17. The largest absolute Gasteiger partial charge is 0.311 e. The Hall–Kier alpha value is -1.33. The summed E-state index contributed by atoms with van der Waals surface area (Å²) in [7, 11) is 0. The van der Waals surface area contributed by atoms with Crippen molar-refractivity contribution < 1.29 is 0 Å². The van der Waals surface area contributed by atoms with E-state index in [-0.39, 0.29) is 0 Å². The summed E-state index contributed by atoms with van der Waals surface area (Å²) in [4.78, 5) is 13.0. The van der Waals surface area contributed by atoms with Gasteiger partial charge in [0.15, 0.2) is 10.8 Å². The van der Waals surface area contributed by atoms with Crippen molar-refractivity contribution in [1.29, 1.82) is 0 Å². The summed E-state index contributed by atoms with van der Waals surface area (Å²) in [5.74, 6) is 0.707. The van der Waals surface area contributed by atoms with E-state index in [0.717, 1.165) is 29.4 Å². The number of hydrogen-bond donors (Lipinski definition) is 1. The number of nitrogens with one attached hydrogen (secondary N) is 1. The molecule has 0 aliphatic rings. The number of aromatic nitrogens is 3. The van der Waals surface area contributed by atoms with Gasteiger partial charge in [0.25, 0.3) is 0 Å². The highest BCUT2D eigenvalue weighted by molar-refractivity contribution is 7.13. The third kappa shape index (κ3) is 2.62. The second-order valence-corrected chi connectivity index (χ2v) is 4.37. The van der Waals surface area contributed by atoms with E-state index in [1.165, 1.54) is 0 Å². The fourth-order valence-corrected chi connectivity index (χ4v) is 2.01. The third-order valence-electron chi connectivity index (χ3n) is 2.08. The minimum atomic E-state index is 0.707. The molecule has 4 nitrogen and oxygen atoms in total. The molecule has 0 aliphatic heterocycles. The lowest BCUT2D eigenvalue weighted by atomic mass is 10.4. The molecule has 84 valence electrons. The second-order valence-electron chi connectivity index (χ2n) is 3.51. The molecule has 16 heavy (non-hydrogen) atoms. The Balaban J connectivity index is 2.15. The Morgan fingerprint density at radius 1 is 1.31 bits per heavy atom. The van der Waals surface area contributed by atoms with Crippen molar-refractivity contribution in [2.75, 3.05) is 6.54 Å². The molecule has 0 unspecified atom stereocenters. The van der Waals surface area contributed by atoms with Crippen LogP contribution in [0.3, 0.4) is 0 Å². The van der Waals surface area contributed by atoms with Gasteiger partial charge in [-0.2, -0.15) is 0 Å². The normalized spacial score (nSPS) is 10.6. The van der Waals surface area contributed by atoms with Crippen molar-refractivity contribution in [3.05, 3.63) is 29.0 Å². The molecule has 0 aromatic carbocycles. The Labute approximate surface area is 98.8 Å². The zero-order chi connectivity index (χ0) is 11.4. The number of hydrogen-bond acceptors (Lipinski definition) is 5. The number of aryl methyl sites for hydroxylation is 1. The molecule has 0 fully saturated rings. The zero-order valence-electron chi connectivity index (χ0n) is 9.40. The van der Waals surface area contributed by atoms with Crippen LogP contribution in [0.4, 0.5) is 0 Å². The van der Waals surface area contributed by atoms with E-state index >= 15 is 0 Å². The van der Waals surface area contributed by atoms with E-state index in [0.29, 0.717) is 5.82 Å². The molecule has 5 heteroatoms. The molecule has 1 N–H and O–H groups in total. The van der Waals surface area contributed by atoms with Crippen LogP contribution >= 0.6 is 11.3 Å². The maximum absolute atomic E-state index is 4.48. The molecular weight excluding hydrogens is 220 g/mol. The minimum Gasteiger partial charge on any atom is -0.311 e. The van der Waals surface area contributed by atoms with E-state index in [9.17, 15) is 0 Å². The van der Waals surface area contributed by atoms with Gasteiger partial charge in [0.05, 0.1) is 5.69 Å². The van der Waals surface area contributed by atoms with Crippen molar-refractivity contribution in [1.82, 2.24) is 20.3 Å². The Kier molecular flexibility index (Phi) is 3.58. The third-order valence-corrected chi connectivity index (χ3v) is 2.97. The summed E-state index contributed by atoms with van der Waals surface area (Å²) >= 11 is 1.58. The molecule has 0 spiro atoms. The maximum atomic E-state index is 4.48. The van der Waals surface area contributed by atoms with Gasteiger partial charge in [-0.05, 0) is 19.0 Å². The van der Waals surface area contributed by atoms with E-state index in [1.807, 2.05) is 24.7 Å². The van der Waals surface area contributed by atoms with Crippen LogP contribution in [-0.4, -0.2) is 21.5 Å². The number of thiazole rings is 1. The molecule has 0 radical (unpaired) electrons. The Morgan fingerprint density at radius 2 is 2.06 bits per heavy atom. The van der Waals surface area contributed by atoms with Crippen LogP contribution in [0.25, 0.3) is 10.8 Å². The predicted octanol–water partition coefficient (Wildman–Crippen LogP) is 2.02. The molecule has 0 amide bonds. The van der Waals surface area contributed by atoms with Crippen LogP contribution in [0.1, 0.15) is 18.2 Å². The molecule has 0 bridgehead atoms. The van der Waals surface area contributed by atoms with Crippen molar-refractivity contribution >= 4 is 11.3 Å². The van der Waals surface area contributed by atoms with Crippen molar-refractivity contribution in [3.8, 4) is 10.8 Å². The first kappa shape index (κ1) is 11.2. The van der Waals surface area contributed by atoms with Crippen LogP contribution < -0.4 is 5.32 Å². The number of rotatable bonds is 4. The second kappa shape index (κ2) is 5.14. The molecular formula is C11H14N4S. The summed E-state index contributed by atoms with van der Waals surface area (Å²) < 4.78 is 0. The smallest absolute Gasteiger partial charge is 0.188 e. The highest BCUT2D eigenvalue weighted by Gasteiger charge is 2.06. The van der Waals surface area contributed by atoms with E-state index in [1.54, 1.807) is 11.3 Å². The summed E-state index contributed by atoms with van der Waals surface area (Å²) in [5.41, 5.74) is 2.11. The van der Waals surface area contributed by atoms with Gasteiger partial charge in [-0.1, -0.05) is 6.92 Å². The standard InChI is InChI=1S/C11H14N4S/c1-3-12-6-9-7-16-11(15-9)10-13-4-8(2)5-14-10/h4-5,7,12H,3,6H2,1-2H3. The van der Waals surface area contributed by atoms with Gasteiger partial charge >= 0.3 is 0 Å². The van der Waals surface area contributed by atoms with Gasteiger partial charge in [0.2, 0.25) is 0 Å². The average molecular weight is 234 g/mol. The molecule has 2 aromatic rings. The molecule has 0 saturated heterocycles. The van der Waals surface area contributed by atoms with Crippen LogP contribution in [0.15, 0.2) is 17.8 Å². The summed E-state index contributed by atoms with van der Waals surface area (Å²) in [6.45, 7) is 5.81. The van der Waals surface area contributed by atoms with Crippen molar-refractivity contribution in [3.63, 3.8) is 0 Å². The van der Waals surface area contributed by atoms with Gasteiger partial charge in [-0.3, -0.25) is 0 Å². The summed E-state index contributed by atoms with van der Waals surface area (Å²) in [6.07, 6.45) is 3.63. The van der Waals surface area contributed by atoms with Crippen LogP contribution in [0.2, 0.25) is 0 Å². The molecule has 2 rings (SSSR count). The first-order valence-electron chi connectivity index (χ1n) is 5.23. The first-order chi connectivity index (χ1) is 7.79. The molecule has 0 aliphatic carbocycles. The lowest BCUT2D eigenvalue weighted by Crippen LogP contribution is -2.11. The predicted molar refractivity (Wildman–Crippen MR) is 65.3 cm³/mol. The van der Waals surface area contributed by atoms with Gasteiger partial charge in [-0.25, -0.2) is 15.0 Å². The highest BCUT2D eigenvalue weighted by Crippen LogP contribution is 2.19. The van der Waals surface area contributed by atoms with Crippen molar-refractivity contribution in [2.45, 2.75) is 20.4 Å². The van der Waals surface area contributed by atoms with Crippen LogP contribution in [-0.2, 0) is 6.54 Å². The van der Waals surface area contributed by atoms with Gasteiger partial charge in [0.1, 0.15) is 0 Å². The molecule has 0 saturated carbocycles. The van der Waals surface area contributed by atoms with E-state index < -0.39 is 0 Å². The van der Waals surface area contributed by atoms with Gasteiger partial charge in [-0.15, -0.1) is 11.3 Å². The van der Waals surface area contributed by atoms with Gasteiger partial charge in [0, 0.05) is 24.3 Å². The van der Waals surface area contributed by atoms with Gasteiger partial charge < -0.3 is 5.32 Å². The topological polar surface area (TPSA) is 50.7 Å². The minimum absolute atomic E-state index is 0.707. The zero-order valence-corrected chi connectivity index (χ0v) is 10.2. The van der Waals surface area contributed by atoms with E-state index in [2.05, 4.69) is 27.2 Å². The first-order valence-corrected chi connectivity index (χ1v) is 6.11. The molecule has 2 heterocycles.